The van der Waals surface area contributed by atoms with Gasteiger partial charge in [0, 0.05) is 5.56 Å². The molecule has 2 N–H and O–H groups in total. The van der Waals surface area contributed by atoms with E-state index in [1.54, 1.807) is 0 Å². The molecular weight excluding hydrogens is 178 g/mol. The highest BCUT2D eigenvalue weighted by Crippen LogP contribution is 2.33. The maximum atomic E-state index is 5.53. The monoisotopic (exact) mass is 193 g/mol. The van der Waals surface area contributed by atoms with Crippen LogP contribution in [0.4, 0.5) is 0 Å². The van der Waals surface area contributed by atoms with Gasteiger partial charge in [-0.2, -0.15) is 0 Å². The van der Waals surface area contributed by atoms with Crippen molar-refractivity contribution in [3.05, 3.63) is 29.8 Å². The first kappa shape index (κ1) is 9.49. The van der Waals surface area contributed by atoms with E-state index < -0.39 is 0 Å². The van der Waals surface area contributed by atoms with Crippen LogP contribution >= 0.6 is 0 Å². The van der Waals surface area contributed by atoms with Crippen molar-refractivity contribution in [3.8, 4) is 5.75 Å². The fourth-order valence-corrected chi connectivity index (χ4v) is 1.69. The van der Waals surface area contributed by atoms with Gasteiger partial charge in [0.15, 0.2) is 6.79 Å². The second-order valence-electron chi connectivity index (χ2n) is 3.39. The zero-order chi connectivity index (χ0) is 9.80. The molecule has 1 atom stereocenters. The second-order valence-corrected chi connectivity index (χ2v) is 3.39. The van der Waals surface area contributed by atoms with Crippen LogP contribution in [0.1, 0.15) is 24.5 Å². The number of rotatable bonds is 3. The molecule has 1 heterocycles. The van der Waals surface area contributed by atoms with Gasteiger partial charge in [0.25, 0.3) is 0 Å². The summed E-state index contributed by atoms with van der Waals surface area (Å²) in [5.41, 5.74) is 6.62. The number of nitrogens with two attached hydrogens (primary N) is 1. The van der Waals surface area contributed by atoms with Gasteiger partial charge < -0.3 is 15.2 Å². The van der Waals surface area contributed by atoms with Crippen molar-refractivity contribution in [2.24, 2.45) is 5.73 Å². The molecule has 3 heteroatoms. The molecule has 3 nitrogen and oxygen atoms in total. The van der Waals surface area contributed by atoms with Gasteiger partial charge in [-0.3, -0.25) is 0 Å². The summed E-state index contributed by atoms with van der Waals surface area (Å²) < 4.78 is 10.9. The normalized spacial score (nSPS) is 19.9. The highest BCUT2D eigenvalue weighted by atomic mass is 16.7. The molecule has 0 spiro atoms. The average molecular weight is 193 g/mol. The molecule has 0 fully saturated rings. The molecule has 1 unspecified atom stereocenters. The Morgan fingerprint density at radius 2 is 2.21 bits per heavy atom. The molecule has 0 saturated heterocycles. The van der Waals surface area contributed by atoms with Crippen molar-refractivity contribution in [3.63, 3.8) is 0 Å². The third-order valence-corrected chi connectivity index (χ3v) is 2.42. The molecule has 1 aromatic rings. The van der Waals surface area contributed by atoms with Crippen LogP contribution in [0, 0.1) is 0 Å². The predicted octanol–water partition coefficient (Wildman–Crippen LogP) is 1.83. The number of hydrogen-bond donors (Lipinski definition) is 1. The minimum absolute atomic E-state index is 0.156. The summed E-state index contributed by atoms with van der Waals surface area (Å²) in [6.07, 6.45) is 2.11. The molecule has 76 valence electrons. The smallest absolute Gasteiger partial charge is 0.189 e. The molecule has 0 aromatic heterocycles. The van der Waals surface area contributed by atoms with Crippen LogP contribution in [0.5, 0.6) is 5.75 Å². The lowest BCUT2D eigenvalue weighted by Crippen LogP contribution is -2.18. The molecule has 0 saturated carbocycles. The van der Waals surface area contributed by atoms with Crippen LogP contribution in [0.2, 0.25) is 0 Å². The first-order chi connectivity index (χ1) is 6.92. The third kappa shape index (κ3) is 1.89. The molecule has 1 aromatic carbocycles. The van der Waals surface area contributed by atoms with Gasteiger partial charge in [-0.25, -0.2) is 0 Å². The Hall–Kier alpha value is -1.06. The van der Waals surface area contributed by atoms with E-state index >= 15 is 0 Å². The first-order valence-electron chi connectivity index (χ1n) is 4.95. The Morgan fingerprint density at radius 3 is 3.07 bits per heavy atom. The van der Waals surface area contributed by atoms with E-state index in [1.165, 1.54) is 0 Å². The number of benzene rings is 1. The third-order valence-electron chi connectivity index (χ3n) is 2.42. The maximum Gasteiger partial charge on any atom is 0.189 e. The Bertz CT molecular complexity index is 301. The van der Waals surface area contributed by atoms with E-state index in [2.05, 4.69) is 6.07 Å². The summed E-state index contributed by atoms with van der Waals surface area (Å²) in [7, 11) is 0. The Morgan fingerprint density at radius 1 is 1.36 bits per heavy atom. The van der Waals surface area contributed by atoms with Gasteiger partial charge >= 0.3 is 0 Å². The van der Waals surface area contributed by atoms with Gasteiger partial charge in [-0.1, -0.05) is 18.2 Å². The van der Waals surface area contributed by atoms with E-state index in [9.17, 15) is 0 Å². The zero-order valence-corrected chi connectivity index (χ0v) is 8.11. The van der Waals surface area contributed by atoms with Gasteiger partial charge in [0.05, 0.1) is 6.10 Å². The summed E-state index contributed by atoms with van der Waals surface area (Å²) in [5, 5.41) is 0. The Labute approximate surface area is 83.8 Å². The summed E-state index contributed by atoms with van der Waals surface area (Å²) >= 11 is 0. The molecule has 2 rings (SSSR count). The van der Waals surface area contributed by atoms with E-state index in [1.807, 2.05) is 18.2 Å². The van der Waals surface area contributed by atoms with E-state index in [4.69, 9.17) is 15.2 Å². The minimum atomic E-state index is 0.156. The van der Waals surface area contributed by atoms with Crippen LogP contribution in [-0.2, 0) is 4.74 Å². The van der Waals surface area contributed by atoms with E-state index in [0.29, 0.717) is 13.3 Å². The van der Waals surface area contributed by atoms with Crippen molar-refractivity contribution < 1.29 is 9.47 Å². The van der Waals surface area contributed by atoms with E-state index in [0.717, 1.165) is 24.2 Å². The molecule has 0 bridgehead atoms. The zero-order valence-electron chi connectivity index (χ0n) is 8.11. The van der Waals surface area contributed by atoms with Crippen molar-refractivity contribution in [1.82, 2.24) is 0 Å². The minimum Gasteiger partial charge on any atom is -0.467 e. The summed E-state index contributed by atoms with van der Waals surface area (Å²) in [4.78, 5) is 0. The quantitative estimate of drug-likeness (QED) is 0.796. The number of fused-ring (bicyclic) bond motifs is 1. The topological polar surface area (TPSA) is 44.5 Å². The number of ether oxygens (including phenoxy) is 2. The van der Waals surface area contributed by atoms with Gasteiger partial charge in [-0.05, 0) is 25.5 Å². The van der Waals surface area contributed by atoms with Crippen molar-refractivity contribution in [2.75, 3.05) is 13.3 Å². The van der Waals surface area contributed by atoms with Crippen molar-refractivity contribution in [2.45, 2.75) is 18.9 Å². The highest BCUT2D eigenvalue weighted by molar-refractivity contribution is 5.35. The lowest BCUT2D eigenvalue weighted by Gasteiger charge is -2.25. The molecule has 14 heavy (non-hydrogen) atoms. The Balaban J connectivity index is 2.14. The summed E-state index contributed by atoms with van der Waals surface area (Å²) in [5.74, 6) is 0.945. The lowest BCUT2D eigenvalue weighted by atomic mass is 10.0. The van der Waals surface area contributed by atoms with Crippen LogP contribution in [0.15, 0.2) is 24.3 Å². The van der Waals surface area contributed by atoms with Crippen molar-refractivity contribution in [1.29, 1.82) is 0 Å². The van der Waals surface area contributed by atoms with Crippen LogP contribution in [-0.4, -0.2) is 13.3 Å². The van der Waals surface area contributed by atoms with Gasteiger partial charge in [-0.15, -0.1) is 0 Å². The number of para-hydroxylation sites is 1. The molecule has 0 radical (unpaired) electrons. The van der Waals surface area contributed by atoms with E-state index in [-0.39, 0.29) is 6.10 Å². The van der Waals surface area contributed by atoms with Crippen LogP contribution in [0.25, 0.3) is 0 Å². The number of hydrogen-bond acceptors (Lipinski definition) is 3. The van der Waals surface area contributed by atoms with Crippen molar-refractivity contribution >= 4 is 0 Å². The largest absolute Gasteiger partial charge is 0.467 e. The fraction of sp³-hybridized carbons (Fsp3) is 0.455. The highest BCUT2D eigenvalue weighted by Gasteiger charge is 2.20. The van der Waals surface area contributed by atoms with Gasteiger partial charge in [0.2, 0.25) is 0 Å². The molecular formula is C11H15NO2. The predicted molar refractivity (Wildman–Crippen MR) is 54.1 cm³/mol. The molecule has 1 aliphatic rings. The molecule has 1 aliphatic heterocycles. The van der Waals surface area contributed by atoms with Gasteiger partial charge in [0.1, 0.15) is 5.75 Å². The van der Waals surface area contributed by atoms with Crippen LogP contribution in [0.3, 0.4) is 0 Å². The second kappa shape index (κ2) is 4.44. The standard InChI is InChI=1S/C11H15NO2/c12-7-3-6-11-9-4-1-2-5-10(9)13-8-14-11/h1-2,4-5,11H,3,6-8,12H2. The molecule has 0 amide bonds. The summed E-state index contributed by atoms with van der Waals surface area (Å²) in [6, 6.07) is 8.01. The Kier molecular flexibility index (Phi) is 3.01. The average Bonchev–Trinajstić information content (AvgIpc) is 2.26. The van der Waals surface area contributed by atoms with Crippen LogP contribution < -0.4 is 10.5 Å². The summed E-state index contributed by atoms with van der Waals surface area (Å²) in [6.45, 7) is 1.06. The SMILES string of the molecule is NCCCC1OCOc2ccccc21. The first-order valence-corrected chi connectivity index (χ1v) is 4.95. The fourth-order valence-electron chi connectivity index (χ4n) is 1.69. The lowest BCUT2D eigenvalue weighted by molar-refractivity contribution is -0.0629. The maximum absolute atomic E-state index is 5.53. The molecule has 0 aliphatic carbocycles.